The third kappa shape index (κ3) is 4.25. The Hall–Kier alpha value is -3.57. The minimum atomic E-state index is -3.89. The highest BCUT2D eigenvalue weighted by molar-refractivity contribution is 7.89. The molecule has 0 fully saturated rings. The number of phenolic OH excluding ortho intramolecular Hbond substituents is 1. The summed E-state index contributed by atoms with van der Waals surface area (Å²) in [6.07, 6.45) is 2.53. The van der Waals surface area contributed by atoms with Gasteiger partial charge in [0, 0.05) is 25.4 Å². The fraction of sp³-hybridized carbons (Fsp3) is 0.238. The molecule has 2 aromatic carbocycles. The van der Waals surface area contributed by atoms with Gasteiger partial charge in [0.05, 0.1) is 27.1 Å². The number of aryl methyl sites for hydroxylation is 1. The first-order valence-corrected chi connectivity index (χ1v) is 11.2. The highest BCUT2D eigenvalue weighted by Crippen LogP contribution is 2.28. The zero-order chi connectivity index (χ0) is 23.6. The van der Waals surface area contributed by atoms with Crippen molar-refractivity contribution < 1.29 is 23.2 Å². The molecule has 0 saturated carbocycles. The Labute approximate surface area is 184 Å². The number of aromatic hydroxyl groups is 1. The molecule has 0 aliphatic carbocycles. The lowest BCUT2D eigenvalue weighted by Crippen LogP contribution is -2.30. The van der Waals surface area contributed by atoms with Crippen LogP contribution < -0.4 is 0 Å². The molecule has 32 heavy (non-hydrogen) atoms. The summed E-state index contributed by atoms with van der Waals surface area (Å²) in [5.41, 5.74) is 0.499. The molecule has 0 aliphatic heterocycles. The van der Waals surface area contributed by atoms with Crippen LogP contribution in [0.25, 0.3) is 5.69 Å². The summed E-state index contributed by atoms with van der Waals surface area (Å²) in [6, 6.07) is 8.13. The number of benzene rings is 2. The molecule has 168 valence electrons. The summed E-state index contributed by atoms with van der Waals surface area (Å²) < 4.78 is 27.8. The van der Waals surface area contributed by atoms with Gasteiger partial charge in [-0.15, -0.1) is 0 Å². The van der Waals surface area contributed by atoms with Crippen molar-refractivity contribution in [3.05, 3.63) is 75.6 Å². The maximum absolute atomic E-state index is 12.8. The number of rotatable bonds is 8. The quantitative estimate of drug-likeness (QED) is 0.311. The molecule has 3 rings (SSSR count). The van der Waals surface area contributed by atoms with E-state index >= 15 is 0 Å². The first-order chi connectivity index (χ1) is 15.1. The van der Waals surface area contributed by atoms with Gasteiger partial charge >= 0.3 is 0 Å². The number of ketones is 1. The Bertz CT molecular complexity index is 1300. The van der Waals surface area contributed by atoms with Gasteiger partial charge < -0.3 is 5.11 Å². The predicted molar refractivity (Wildman–Crippen MR) is 117 cm³/mol. The predicted octanol–water partition coefficient (Wildman–Crippen LogP) is 3.06. The third-order valence-corrected chi connectivity index (χ3v) is 7.02. The number of nitro benzene ring substituents is 1. The SMILES string of the molecule is CCN(CC)S(=O)(=O)c1ccc(-n2cc(C(=O)c3cc(C)ccc3O)cn2)c([N+](=O)[O-])c1. The molecule has 0 amide bonds. The number of nitro groups is 1. The van der Waals surface area contributed by atoms with E-state index in [1.54, 1.807) is 26.8 Å². The highest BCUT2D eigenvalue weighted by atomic mass is 32.2. The number of carbonyl (C=O) groups excluding carboxylic acids is 1. The highest BCUT2D eigenvalue weighted by Gasteiger charge is 2.27. The Balaban J connectivity index is 2.04. The van der Waals surface area contributed by atoms with E-state index < -0.39 is 26.4 Å². The smallest absolute Gasteiger partial charge is 0.296 e. The van der Waals surface area contributed by atoms with Crippen LogP contribution in [0.5, 0.6) is 5.75 Å². The van der Waals surface area contributed by atoms with Crippen molar-refractivity contribution in [1.82, 2.24) is 14.1 Å². The van der Waals surface area contributed by atoms with Crippen molar-refractivity contribution >= 4 is 21.5 Å². The van der Waals surface area contributed by atoms with Crippen LogP contribution in [-0.4, -0.2) is 51.4 Å². The van der Waals surface area contributed by atoms with Crippen LogP contribution in [0.2, 0.25) is 0 Å². The summed E-state index contributed by atoms with van der Waals surface area (Å²) in [5.74, 6) is -0.689. The topological polar surface area (TPSA) is 136 Å². The monoisotopic (exact) mass is 458 g/mol. The Kier molecular flexibility index (Phi) is 6.42. The molecule has 10 nitrogen and oxygen atoms in total. The van der Waals surface area contributed by atoms with E-state index in [4.69, 9.17) is 0 Å². The Morgan fingerprint density at radius 1 is 1.19 bits per heavy atom. The standard InChI is InChI=1S/C21H22N4O6S/c1-4-23(5-2)32(30,31)16-7-8-18(19(11-16)25(28)29)24-13-15(12-22-24)21(27)17-10-14(3)6-9-20(17)26/h6-13,26H,4-5H2,1-3H3. The second-order valence-electron chi connectivity index (χ2n) is 7.02. The molecule has 1 N–H and O–H groups in total. The summed E-state index contributed by atoms with van der Waals surface area (Å²) in [4.78, 5) is 23.6. The molecule has 0 aliphatic rings. The Morgan fingerprint density at radius 2 is 1.88 bits per heavy atom. The number of carbonyl (C=O) groups is 1. The lowest BCUT2D eigenvalue weighted by atomic mass is 10.0. The number of aromatic nitrogens is 2. The van der Waals surface area contributed by atoms with E-state index in [2.05, 4.69) is 5.10 Å². The summed E-state index contributed by atoms with van der Waals surface area (Å²) in [6.45, 7) is 5.59. The zero-order valence-electron chi connectivity index (χ0n) is 17.7. The van der Waals surface area contributed by atoms with Gasteiger partial charge in [0.25, 0.3) is 5.69 Å². The average molecular weight is 458 g/mol. The molecule has 0 radical (unpaired) electrons. The molecular formula is C21H22N4O6S. The maximum atomic E-state index is 12.8. The fourth-order valence-electron chi connectivity index (χ4n) is 3.28. The van der Waals surface area contributed by atoms with Crippen LogP contribution in [0.1, 0.15) is 35.3 Å². The van der Waals surface area contributed by atoms with Crippen molar-refractivity contribution in [2.75, 3.05) is 13.1 Å². The van der Waals surface area contributed by atoms with Crippen LogP contribution in [0.3, 0.4) is 0 Å². The van der Waals surface area contributed by atoms with Crippen molar-refractivity contribution in [1.29, 1.82) is 0 Å². The lowest BCUT2D eigenvalue weighted by molar-refractivity contribution is -0.384. The minimum Gasteiger partial charge on any atom is -0.507 e. The van der Waals surface area contributed by atoms with Gasteiger partial charge in [0.2, 0.25) is 10.0 Å². The van der Waals surface area contributed by atoms with Gasteiger partial charge in [-0.1, -0.05) is 25.5 Å². The molecule has 3 aromatic rings. The second kappa shape index (κ2) is 8.89. The lowest BCUT2D eigenvalue weighted by Gasteiger charge is -2.18. The number of phenols is 1. The van der Waals surface area contributed by atoms with Gasteiger partial charge in [0.15, 0.2) is 5.78 Å². The second-order valence-corrected chi connectivity index (χ2v) is 8.96. The van der Waals surface area contributed by atoms with Crippen LogP contribution in [0.15, 0.2) is 53.7 Å². The molecule has 0 bridgehead atoms. The normalized spacial score (nSPS) is 11.6. The summed E-state index contributed by atoms with van der Waals surface area (Å²) in [5, 5.41) is 25.7. The first-order valence-electron chi connectivity index (χ1n) is 9.78. The molecule has 0 atom stereocenters. The van der Waals surface area contributed by atoms with Crippen molar-refractivity contribution in [2.45, 2.75) is 25.7 Å². The molecule has 1 heterocycles. The van der Waals surface area contributed by atoms with Crippen LogP contribution >= 0.6 is 0 Å². The van der Waals surface area contributed by atoms with E-state index in [0.29, 0.717) is 0 Å². The number of hydrogen-bond donors (Lipinski definition) is 1. The van der Waals surface area contributed by atoms with Gasteiger partial charge in [-0.05, 0) is 31.2 Å². The number of hydrogen-bond acceptors (Lipinski definition) is 7. The van der Waals surface area contributed by atoms with E-state index in [0.717, 1.165) is 16.3 Å². The molecule has 11 heteroatoms. The van der Waals surface area contributed by atoms with Crippen molar-refractivity contribution in [3.63, 3.8) is 0 Å². The van der Waals surface area contributed by atoms with Crippen molar-refractivity contribution in [2.24, 2.45) is 0 Å². The van der Waals surface area contributed by atoms with Gasteiger partial charge in [-0.3, -0.25) is 14.9 Å². The van der Waals surface area contributed by atoms with Gasteiger partial charge in [-0.25, -0.2) is 13.1 Å². The fourth-order valence-corrected chi connectivity index (χ4v) is 4.75. The zero-order valence-corrected chi connectivity index (χ0v) is 18.5. The van der Waals surface area contributed by atoms with E-state index in [-0.39, 0.29) is 40.5 Å². The maximum Gasteiger partial charge on any atom is 0.296 e. The molecule has 0 unspecified atom stereocenters. The Morgan fingerprint density at radius 3 is 2.50 bits per heavy atom. The van der Waals surface area contributed by atoms with Crippen molar-refractivity contribution in [3.8, 4) is 11.4 Å². The van der Waals surface area contributed by atoms with Gasteiger partial charge in [0.1, 0.15) is 11.4 Å². The van der Waals surface area contributed by atoms with Crippen LogP contribution in [-0.2, 0) is 10.0 Å². The van der Waals surface area contributed by atoms with E-state index in [1.807, 2.05) is 0 Å². The largest absolute Gasteiger partial charge is 0.507 e. The molecule has 0 saturated heterocycles. The van der Waals surface area contributed by atoms with Crippen LogP contribution in [0, 0.1) is 17.0 Å². The molecule has 1 aromatic heterocycles. The summed E-state index contributed by atoms with van der Waals surface area (Å²) in [7, 11) is -3.89. The number of sulfonamides is 1. The third-order valence-electron chi connectivity index (χ3n) is 4.98. The van der Waals surface area contributed by atoms with E-state index in [1.165, 1.54) is 41.0 Å². The summed E-state index contributed by atoms with van der Waals surface area (Å²) >= 11 is 0. The van der Waals surface area contributed by atoms with Gasteiger partial charge in [-0.2, -0.15) is 9.40 Å². The molecule has 0 spiro atoms. The average Bonchev–Trinajstić information content (AvgIpc) is 3.25. The minimum absolute atomic E-state index is 0.000936. The number of nitrogens with zero attached hydrogens (tertiary/aromatic N) is 4. The molecular weight excluding hydrogens is 436 g/mol. The van der Waals surface area contributed by atoms with E-state index in [9.17, 15) is 28.4 Å². The first kappa shape index (κ1) is 23.1. The van der Waals surface area contributed by atoms with Crippen LogP contribution in [0.4, 0.5) is 5.69 Å².